The van der Waals surface area contributed by atoms with E-state index in [1.54, 1.807) is 0 Å². The maximum atomic E-state index is 3.67. The van der Waals surface area contributed by atoms with E-state index in [4.69, 9.17) is 0 Å². The van der Waals surface area contributed by atoms with Crippen LogP contribution in [-0.2, 0) is 0 Å². The van der Waals surface area contributed by atoms with Gasteiger partial charge in [0.25, 0.3) is 0 Å². The van der Waals surface area contributed by atoms with E-state index in [0.717, 1.165) is 0 Å². The number of hydrogen-bond donors (Lipinski definition) is 1. The van der Waals surface area contributed by atoms with Crippen molar-refractivity contribution < 1.29 is 0 Å². The Balaban J connectivity index is 2.30. The Morgan fingerprint density at radius 1 is 1.38 bits per heavy atom. The molecule has 0 radical (unpaired) electrons. The lowest BCUT2D eigenvalue weighted by molar-refractivity contribution is 0.476. The molecule has 0 spiro atoms. The monoisotopic (exact) mass is 257 g/mol. The first-order valence-electron chi connectivity index (χ1n) is 6.03. The van der Waals surface area contributed by atoms with Gasteiger partial charge in [0.15, 0.2) is 0 Å². The maximum Gasteiger partial charge on any atom is 0.0388 e. The molecule has 0 amide bonds. The first-order valence-corrected chi connectivity index (χ1v) is 8.00. The van der Waals surface area contributed by atoms with Crippen LogP contribution in [0.2, 0.25) is 0 Å². The fourth-order valence-corrected chi connectivity index (χ4v) is 3.38. The van der Waals surface area contributed by atoms with Crippen molar-refractivity contribution in [1.29, 1.82) is 0 Å². The molecule has 0 bridgehead atoms. The summed E-state index contributed by atoms with van der Waals surface area (Å²) in [7, 11) is 0. The van der Waals surface area contributed by atoms with E-state index in [1.807, 2.05) is 23.1 Å². The highest BCUT2D eigenvalue weighted by molar-refractivity contribution is 7.99. The third-order valence-corrected chi connectivity index (χ3v) is 4.74. The minimum atomic E-state index is 0.486. The third kappa shape index (κ3) is 4.89. The van der Waals surface area contributed by atoms with Crippen LogP contribution in [0, 0.1) is 6.92 Å². The van der Waals surface area contributed by atoms with Gasteiger partial charge in [-0.2, -0.15) is 11.8 Å². The van der Waals surface area contributed by atoms with Gasteiger partial charge in [-0.15, -0.1) is 11.3 Å². The SMILES string of the molecule is CCSCCC(C)NC(C)c1ccc(C)s1. The topological polar surface area (TPSA) is 12.0 Å². The summed E-state index contributed by atoms with van der Waals surface area (Å²) in [6, 6.07) is 5.54. The lowest BCUT2D eigenvalue weighted by atomic mass is 10.2. The molecule has 2 unspecified atom stereocenters. The first-order chi connectivity index (χ1) is 7.63. The molecule has 1 nitrogen and oxygen atoms in total. The third-order valence-electron chi connectivity index (χ3n) is 2.62. The Kier molecular flexibility index (Phi) is 6.47. The van der Waals surface area contributed by atoms with Crippen LogP contribution in [0.25, 0.3) is 0 Å². The molecule has 0 saturated heterocycles. The summed E-state index contributed by atoms with van der Waals surface area (Å²) in [6.07, 6.45) is 1.26. The Bertz CT molecular complexity index is 296. The summed E-state index contributed by atoms with van der Waals surface area (Å²) in [4.78, 5) is 2.85. The lowest BCUT2D eigenvalue weighted by Gasteiger charge is -2.18. The van der Waals surface area contributed by atoms with Gasteiger partial charge in [-0.05, 0) is 50.8 Å². The smallest absolute Gasteiger partial charge is 0.0388 e. The van der Waals surface area contributed by atoms with Gasteiger partial charge in [-0.25, -0.2) is 0 Å². The fourth-order valence-electron chi connectivity index (χ4n) is 1.68. The average Bonchev–Trinajstić information content (AvgIpc) is 2.65. The van der Waals surface area contributed by atoms with Crippen molar-refractivity contribution in [2.75, 3.05) is 11.5 Å². The number of rotatable bonds is 7. The normalized spacial score (nSPS) is 15.0. The second kappa shape index (κ2) is 7.36. The molecular weight excluding hydrogens is 234 g/mol. The minimum absolute atomic E-state index is 0.486. The van der Waals surface area contributed by atoms with Crippen molar-refractivity contribution >= 4 is 23.1 Å². The summed E-state index contributed by atoms with van der Waals surface area (Å²) in [6.45, 7) is 8.93. The standard InChI is InChI=1S/C13H23NS2/c1-5-15-9-8-10(2)14-12(4)13-7-6-11(3)16-13/h6-7,10,12,14H,5,8-9H2,1-4H3. The van der Waals surface area contributed by atoms with Crippen molar-refractivity contribution in [2.24, 2.45) is 0 Å². The van der Waals surface area contributed by atoms with Crippen molar-refractivity contribution in [3.05, 3.63) is 21.9 Å². The molecule has 1 heterocycles. The summed E-state index contributed by atoms with van der Waals surface area (Å²) >= 11 is 3.92. The number of aryl methyl sites for hydroxylation is 1. The molecule has 0 aromatic carbocycles. The molecule has 0 aliphatic heterocycles. The van der Waals surface area contributed by atoms with Gasteiger partial charge in [0.1, 0.15) is 0 Å². The average molecular weight is 257 g/mol. The fraction of sp³-hybridized carbons (Fsp3) is 0.692. The number of thioether (sulfide) groups is 1. The molecule has 3 heteroatoms. The molecular formula is C13H23NS2. The van der Waals surface area contributed by atoms with Gasteiger partial charge in [0, 0.05) is 21.8 Å². The minimum Gasteiger partial charge on any atom is -0.307 e. The van der Waals surface area contributed by atoms with Crippen LogP contribution < -0.4 is 5.32 Å². The summed E-state index contributed by atoms with van der Waals surface area (Å²) in [5.74, 6) is 2.49. The van der Waals surface area contributed by atoms with Crippen molar-refractivity contribution in [2.45, 2.75) is 46.2 Å². The zero-order chi connectivity index (χ0) is 12.0. The van der Waals surface area contributed by atoms with E-state index in [1.165, 1.54) is 27.7 Å². The molecule has 1 aromatic heterocycles. The van der Waals surface area contributed by atoms with E-state index in [-0.39, 0.29) is 0 Å². The number of nitrogens with one attached hydrogen (secondary N) is 1. The Morgan fingerprint density at radius 2 is 2.12 bits per heavy atom. The van der Waals surface area contributed by atoms with Gasteiger partial charge >= 0.3 is 0 Å². The van der Waals surface area contributed by atoms with Crippen molar-refractivity contribution in [3.8, 4) is 0 Å². The van der Waals surface area contributed by atoms with Crippen LogP contribution >= 0.6 is 23.1 Å². The van der Waals surface area contributed by atoms with E-state index in [9.17, 15) is 0 Å². The van der Waals surface area contributed by atoms with Crippen molar-refractivity contribution in [1.82, 2.24) is 5.32 Å². The van der Waals surface area contributed by atoms with Gasteiger partial charge in [-0.3, -0.25) is 0 Å². The summed E-state index contributed by atoms with van der Waals surface area (Å²) in [5.41, 5.74) is 0. The Labute approximate surface area is 108 Å². The van der Waals surface area contributed by atoms with E-state index in [2.05, 4.69) is 45.1 Å². The van der Waals surface area contributed by atoms with Crippen LogP contribution in [-0.4, -0.2) is 17.5 Å². The van der Waals surface area contributed by atoms with Gasteiger partial charge in [0.05, 0.1) is 0 Å². The second-order valence-corrected chi connectivity index (χ2v) is 6.94. The quantitative estimate of drug-likeness (QED) is 0.733. The van der Waals surface area contributed by atoms with Gasteiger partial charge < -0.3 is 5.32 Å². The zero-order valence-corrected chi connectivity index (χ0v) is 12.4. The lowest BCUT2D eigenvalue weighted by Crippen LogP contribution is -2.28. The van der Waals surface area contributed by atoms with Crippen LogP contribution in [0.15, 0.2) is 12.1 Å². The van der Waals surface area contributed by atoms with Gasteiger partial charge in [-0.1, -0.05) is 6.92 Å². The molecule has 92 valence electrons. The molecule has 0 aliphatic carbocycles. The Hall–Kier alpha value is 0.01000. The molecule has 1 N–H and O–H groups in total. The van der Waals surface area contributed by atoms with Crippen LogP contribution in [0.5, 0.6) is 0 Å². The summed E-state index contributed by atoms with van der Waals surface area (Å²) in [5, 5.41) is 3.67. The molecule has 0 aliphatic rings. The first kappa shape index (κ1) is 14.1. The van der Waals surface area contributed by atoms with Crippen LogP contribution in [0.1, 0.15) is 43.0 Å². The van der Waals surface area contributed by atoms with E-state index in [0.29, 0.717) is 12.1 Å². The maximum absolute atomic E-state index is 3.67. The predicted molar refractivity (Wildman–Crippen MR) is 77.7 cm³/mol. The molecule has 1 aromatic rings. The Morgan fingerprint density at radius 3 is 2.69 bits per heavy atom. The van der Waals surface area contributed by atoms with Gasteiger partial charge in [0.2, 0.25) is 0 Å². The van der Waals surface area contributed by atoms with Crippen LogP contribution in [0.3, 0.4) is 0 Å². The number of thiophene rings is 1. The zero-order valence-electron chi connectivity index (χ0n) is 10.7. The molecule has 1 rings (SSSR count). The molecule has 0 fully saturated rings. The largest absolute Gasteiger partial charge is 0.307 e. The highest BCUT2D eigenvalue weighted by Crippen LogP contribution is 2.23. The van der Waals surface area contributed by atoms with E-state index < -0.39 is 0 Å². The second-order valence-electron chi connectivity index (χ2n) is 4.22. The molecule has 2 atom stereocenters. The van der Waals surface area contributed by atoms with Crippen LogP contribution in [0.4, 0.5) is 0 Å². The molecule has 0 saturated carbocycles. The molecule has 16 heavy (non-hydrogen) atoms. The number of hydrogen-bond acceptors (Lipinski definition) is 3. The predicted octanol–water partition coefficient (Wildman–Crippen LogP) is 4.24. The highest BCUT2D eigenvalue weighted by Gasteiger charge is 2.10. The highest BCUT2D eigenvalue weighted by atomic mass is 32.2. The van der Waals surface area contributed by atoms with E-state index >= 15 is 0 Å². The van der Waals surface area contributed by atoms with Crippen molar-refractivity contribution in [3.63, 3.8) is 0 Å². The summed E-state index contributed by atoms with van der Waals surface area (Å²) < 4.78 is 0.